The Balaban J connectivity index is 1.73. The predicted octanol–water partition coefficient (Wildman–Crippen LogP) is 4.23. The second-order valence-electron chi connectivity index (χ2n) is 5.67. The highest BCUT2D eigenvalue weighted by molar-refractivity contribution is 5.92. The number of aromatic nitrogens is 1. The lowest BCUT2D eigenvalue weighted by Gasteiger charge is -2.04. The zero-order chi connectivity index (χ0) is 18.0. The summed E-state index contributed by atoms with van der Waals surface area (Å²) in [5, 5.41) is 4.02. The molecular formula is C19H19NO5. The van der Waals surface area contributed by atoms with Gasteiger partial charge in [0.25, 0.3) is 0 Å². The van der Waals surface area contributed by atoms with Crippen LogP contribution in [0.3, 0.4) is 0 Å². The highest BCUT2D eigenvalue weighted by Crippen LogP contribution is 2.29. The molecule has 0 N–H and O–H groups in total. The molecule has 3 aromatic rings. The summed E-state index contributed by atoms with van der Waals surface area (Å²) in [4.78, 5) is 12.3. The van der Waals surface area contributed by atoms with Crippen LogP contribution in [0.4, 0.5) is 0 Å². The van der Waals surface area contributed by atoms with Crippen molar-refractivity contribution < 1.29 is 23.2 Å². The topological polar surface area (TPSA) is 74.7 Å². The van der Waals surface area contributed by atoms with Crippen molar-refractivity contribution in [1.29, 1.82) is 0 Å². The van der Waals surface area contributed by atoms with Crippen LogP contribution in [-0.2, 0) is 11.3 Å². The van der Waals surface area contributed by atoms with Gasteiger partial charge in [0.1, 0.15) is 28.5 Å². The van der Waals surface area contributed by atoms with Gasteiger partial charge in [-0.25, -0.2) is 4.79 Å². The van der Waals surface area contributed by atoms with Gasteiger partial charge in [0.2, 0.25) is 0 Å². The maximum absolute atomic E-state index is 12.3. The summed E-state index contributed by atoms with van der Waals surface area (Å²) in [6, 6.07) is 9.22. The van der Waals surface area contributed by atoms with Gasteiger partial charge in [0, 0.05) is 17.2 Å². The lowest BCUT2D eigenvalue weighted by atomic mass is 10.1. The summed E-state index contributed by atoms with van der Waals surface area (Å²) in [5.74, 6) is 1.96. The summed E-state index contributed by atoms with van der Waals surface area (Å²) >= 11 is 0. The Morgan fingerprint density at radius 1 is 1.16 bits per heavy atom. The van der Waals surface area contributed by atoms with Crippen LogP contribution in [-0.4, -0.2) is 18.2 Å². The molecule has 0 aliphatic heterocycles. The number of carbonyl (C=O) groups excluding carboxylic acids is 1. The van der Waals surface area contributed by atoms with Gasteiger partial charge in [0.05, 0.1) is 7.11 Å². The number of furan rings is 1. The summed E-state index contributed by atoms with van der Waals surface area (Å²) in [6.07, 6.45) is 0. The number of methoxy groups -OCH3 is 1. The molecule has 0 saturated carbocycles. The predicted molar refractivity (Wildman–Crippen MR) is 90.5 cm³/mol. The van der Waals surface area contributed by atoms with Gasteiger partial charge < -0.3 is 18.4 Å². The van der Waals surface area contributed by atoms with Gasteiger partial charge >= 0.3 is 5.97 Å². The van der Waals surface area contributed by atoms with Crippen LogP contribution < -0.4 is 4.74 Å². The average molecular weight is 341 g/mol. The number of hydrogen-bond donors (Lipinski definition) is 0. The van der Waals surface area contributed by atoms with Crippen molar-refractivity contribution >= 4 is 5.97 Å². The second kappa shape index (κ2) is 6.84. The van der Waals surface area contributed by atoms with Crippen molar-refractivity contribution in [2.45, 2.75) is 27.4 Å². The van der Waals surface area contributed by atoms with Crippen molar-refractivity contribution in [1.82, 2.24) is 5.16 Å². The maximum atomic E-state index is 12.3. The molecule has 0 saturated heterocycles. The third-order valence-electron chi connectivity index (χ3n) is 4.05. The van der Waals surface area contributed by atoms with Crippen LogP contribution in [0.1, 0.15) is 33.2 Å². The first kappa shape index (κ1) is 16.8. The first-order chi connectivity index (χ1) is 12.0. The van der Waals surface area contributed by atoms with Crippen LogP contribution in [0.25, 0.3) is 11.3 Å². The Hall–Kier alpha value is -3.02. The van der Waals surface area contributed by atoms with Crippen molar-refractivity contribution in [3.63, 3.8) is 0 Å². The number of hydrogen-bond acceptors (Lipinski definition) is 6. The molecule has 2 heterocycles. The molecule has 0 spiro atoms. The molecule has 0 aliphatic rings. The molecule has 0 bridgehead atoms. The van der Waals surface area contributed by atoms with Gasteiger partial charge in [-0.2, -0.15) is 0 Å². The minimum absolute atomic E-state index is 0.00983. The Morgan fingerprint density at radius 3 is 2.60 bits per heavy atom. The highest BCUT2D eigenvalue weighted by atomic mass is 16.5. The van der Waals surface area contributed by atoms with Crippen LogP contribution in [0.5, 0.6) is 5.75 Å². The number of aryl methyl sites for hydroxylation is 2. The van der Waals surface area contributed by atoms with E-state index in [2.05, 4.69) is 5.16 Å². The van der Waals surface area contributed by atoms with Crippen LogP contribution >= 0.6 is 0 Å². The SMILES string of the molecule is COc1ccccc1-c1cc(COC(=O)c2c(C)oc(C)c2C)on1. The number of rotatable bonds is 5. The molecule has 1 aromatic carbocycles. The smallest absolute Gasteiger partial charge is 0.342 e. The third-order valence-corrected chi connectivity index (χ3v) is 4.05. The summed E-state index contributed by atoms with van der Waals surface area (Å²) < 4.78 is 21.4. The average Bonchev–Trinajstić information content (AvgIpc) is 3.17. The normalized spacial score (nSPS) is 10.7. The fraction of sp³-hybridized carbons (Fsp3) is 0.263. The van der Waals surface area contributed by atoms with Crippen LogP contribution in [0, 0.1) is 20.8 Å². The number of nitrogens with zero attached hydrogens (tertiary/aromatic N) is 1. The molecule has 0 radical (unpaired) electrons. The summed E-state index contributed by atoms with van der Waals surface area (Å²) in [7, 11) is 1.60. The van der Waals surface area contributed by atoms with Gasteiger partial charge in [-0.3, -0.25) is 0 Å². The van der Waals surface area contributed by atoms with E-state index in [9.17, 15) is 4.79 Å². The van der Waals surface area contributed by atoms with E-state index in [0.29, 0.717) is 34.3 Å². The van der Waals surface area contributed by atoms with E-state index >= 15 is 0 Å². The molecule has 0 unspecified atom stereocenters. The quantitative estimate of drug-likeness (QED) is 0.647. The molecule has 0 aliphatic carbocycles. The fourth-order valence-electron chi connectivity index (χ4n) is 2.67. The molecule has 3 rings (SSSR count). The van der Waals surface area contributed by atoms with E-state index in [1.807, 2.05) is 38.1 Å². The zero-order valence-electron chi connectivity index (χ0n) is 14.6. The Labute approximate surface area is 145 Å². The van der Waals surface area contributed by atoms with Gasteiger partial charge in [0.15, 0.2) is 12.4 Å². The molecule has 0 amide bonds. The number of ether oxygens (including phenoxy) is 2. The van der Waals surface area contributed by atoms with Crippen molar-refractivity contribution in [3.05, 3.63) is 58.7 Å². The number of benzene rings is 1. The van der Waals surface area contributed by atoms with E-state index in [1.54, 1.807) is 20.1 Å². The van der Waals surface area contributed by atoms with Crippen molar-refractivity contribution in [3.8, 4) is 17.0 Å². The molecule has 6 heteroatoms. The lowest BCUT2D eigenvalue weighted by molar-refractivity contribution is 0.0434. The Morgan fingerprint density at radius 2 is 1.92 bits per heavy atom. The molecule has 2 aromatic heterocycles. The zero-order valence-corrected chi connectivity index (χ0v) is 14.6. The minimum Gasteiger partial charge on any atom is -0.496 e. The van der Waals surface area contributed by atoms with Crippen molar-refractivity contribution in [2.75, 3.05) is 7.11 Å². The van der Waals surface area contributed by atoms with Gasteiger partial charge in [-0.15, -0.1) is 0 Å². The highest BCUT2D eigenvalue weighted by Gasteiger charge is 2.20. The van der Waals surface area contributed by atoms with Crippen molar-refractivity contribution in [2.24, 2.45) is 0 Å². The summed E-state index contributed by atoms with van der Waals surface area (Å²) in [6.45, 7) is 5.38. The Bertz CT molecular complexity index is 906. The number of carbonyl (C=O) groups is 1. The van der Waals surface area contributed by atoms with E-state index in [-0.39, 0.29) is 6.61 Å². The van der Waals surface area contributed by atoms with E-state index in [4.69, 9.17) is 18.4 Å². The molecule has 0 fully saturated rings. The van der Waals surface area contributed by atoms with Gasteiger partial charge in [-0.05, 0) is 32.9 Å². The number of para-hydroxylation sites is 1. The maximum Gasteiger partial charge on any atom is 0.342 e. The first-order valence-corrected chi connectivity index (χ1v) is 7.84. The van der Waals surface area contributed by atoms with Gasteiger partial charge in [-0.1, -0.05) is 17.3 Å². The molecule has 130 valence electrons. The van der Waals surface area contributed by atoms with E-state index in [1.165, 1.54) is 0 Å². The molecule has 25 heavy (non-hydrogen) atoms. The monoisotopic (exact) mass is 341 g/mol. The van der Waals surface area contributed by atoms with E-state index in [0.717, 1.165) is 11.1 Å². The molecule has 0 atom stereocenters. The Kier molecular flexibility index (Phi) is 4.61. The molecule has 6 nitrogen and oxygen atoms in total. The fourth-order valence-corrected chi connectivity index (χ4v) is 2.67. The largest absolute Gasteiger partial charge is 0.496 e. The standard InChI is InChI=1S/C19H19NO5/c1-11-12(2)24-13(3)18(11)19(21)23-10-14-9-16(20-25-14)15-7-5-6-8-17(15)22-4/h5-9H,10H2,1-4H3. The first-order valence-electron chi connectivity index (χ1n) is 7.84. The van der Waals surface area contributed by atoms with E-state index < -0.39 is 5.97 Å². The number of esters is 1. The third kappa shape index (κ3) is 3.28. The van der Waals surface area contributed by atoms with Crippen LogP contribution in [0.15, 0.2) is 39.3 Å². The second-order valence-corrected chi connectivity index (χ2v) is 5.67. The lowest BCUT2D eigenvalue weighted by Crippen LogP contribution is -2.06. The minimum atomic E-state index is -0.443. The summed E-state index contributed by atoms with van der Waals surface area (Å²) in [5.41, 5.74) is 2.68. The molecular weight excluding hydrogens is 322 g/mol. The van der Waals surface area contributed by atoms with Crippen LogP contribution in [0.2, 0.25) is 0 Å².